The molecule has 5 heteroatoms. The van der Waals surface area contributed by atoms with Gasteiger partial charge in [-0.05, 0) is 34.0 Å². The Morgan fingerprint density at radius 3 is 2.80 bits per heavy atom. The number of hydrogen-bond donors (Lipinski definition) is 1. The summed E-state index contributed by atoms with van der Waals surface area (Å²) in [6.45, 7) is 4.49. The van der Waals surface area contributed by atoms with Crippen LogP contribution in [0.1, 0.15) is 34.3 Å². The normalized spacial score (nSPS) is 25.2. The molecule has 0 aromatic carbocycles. The predicted molar refractivity (Wildman–Crippen MR) is 84.5 cm³/mol. The molecule has 112 valence electrons. The molecule has 20 heavy (non-hydrogen) atoms. The average Bonchev–Trinajstić information content (AvgIpc) is 3.18. The van der Waals surface area contributed by atoms with Crippen LogP contribution in [0.4, 0.5) is 0 Å². The lowest BCUT2D eigenvalue weighted by atomic mass is 10.1. The van der Waals surface area contributed by atoms with Crippen LogP contribution < -0.4 is 5.32 Å². The van der Waals surface area contributed by atoms with E-state index in [-0.39, 0.29) is 0 Å². The van der Waals surface area contributed by atoms with Crippen molar-refractivity contribution in [1.82, 2.24) is 20.1 Å². The minimum Gasteiger partial charge on any atom is -0.315 e. The molecule has 1 unspecified atom stereocenters. The summed E-state index contributed by atoms with van der Waals surface area (Å²) >= 11 is 1.93. The largest absolute Gasteiger partial charge is 0.315 e. The molecule has 1 saturated heterocycles. The molecule has 1 aliphatic carbocycles. The van der Waals surface area contributed by atoms with E-state index in [2.05, 4.69) is 29.2 Å². The van der Waals surface area contributed by atoms with E-state index in [1.165, 1.54) is 41.5 Å². The molecule has 0 bridgehead atoms. The SMILES string of the molecule is CNCc1sc(CC2CN(C)CCN2C)nc1C1CC1. The van der Waals surface area contributed by atoms with Crippen LogP contribution in [0.2, 0.25) is 0 Å². The number of nitrogens with one attached hydrogen (secondary N) is 1. The topological polar surface area (TPSA) is 31.4 Å². The summed E-state index contributed by atoms with van der Waals surface area (Å²) in [7, 11) is 6.51. The third-order valence-corrected chi connectivity index (χ3v) is 5.56. The van der Waals surface area contributed by atoms with E-state index in [9.17, 15) is 0 Å². The maximum absolute atomic E-state index is 4.98. The molecular weight excluding hydrogens is 268 g/mol. The van der Waals surface area contributed by atoms with Crippen molar-refractivity contribution in [2.24, 2.45) is 0 Å². The van der Waals surface area contributed by atoms with E-state index in [1.54, 1.807) is 0 Å². The summed E-state index contributed by atoms with van der Waals surface area (Å²) in [6.07, 6.45) is 3.78. The highest BCUT2D eigenvalue weighted by Crippen LogP contribution is 2.42. The zero-order valence-corrected chi connectivity index (χ0v) is 13.7. The van der Waals surface area contributed by atoms with Gasteiger partial charge in [-0.3, -0.25) is 0 Å². The van der Waals surface area contributed by atoms with Gasteiger partial charge in [0.05, 0.1) is 10.7 Å². The van der Waals surface area contributed by atoms with Crippen LogP contribution >= 0.6 is 11.3 Å². The van der Waals surface area contributed by atoms with Crippen molar-refractivity contribution in [2.75, 3.05) is 40.8 Å². The van der Waals surface area contributed by atoms with E-state index < -0.39 is 0 Å². The minimum absolute atomic E-state index is 0.620. The zero-order valence-electron chi connectivity index (χ0n) is 12.9. The van der Waals surface area contributed by atoms with Crippen molar-refractivity contribution in [1.29, 1.82) is 0 Å². The smallest absolute Gasteiger partial charge is 0.0947 e. The second-order valence-electron chi connectivity index (χ2n) is 6.32. The zero-order chi connectivity index (χ0) is 14.1. The van der Waals surface area contributed by atoms with Crippen LogP contribution in [0.5, 0.6) is 0 Å². The predicted octanol–water partition coefficient (Wildman–Crippen LogP) is 1.53. The number of likely N-dealkylation sites (N-methyl/N-ethyl adjacent to an activating group) is 2. The number of thiazole rings is 1. The fourth-order valence-corrected chi connectivity index (χ4v) is 4.23. The highest BCUT2D eigenvalue weighted by atomic mass is 32.1. The Bertz CT molecular complexity index is 455. The Morgan fingerprint density at radius 2 is 2.10 bits per heavy atom. The molecule has 0 radical (unpaired) electrons. The summed E-state index contributed by atoms with van der Waals surface area (Å²) < 4.78 is 0. The highest BCUT2D eigenvalue weighted by molar-refractivity contribution is 7.11. The van der Waals surface area contributed by atoms with E-state index >= 15 is 0 Å². The Morgan fingerprint density at radius 1 is 1.30 bits per heavy atom. The highest BCUT2D eigenvalue weighted by Gasteiger charge is 2.30. The Balaban J connectivity index is 1.71. The molecule has 1 aromatic rings. The molecule has 1 N–H and O–H groups in total. The quantitative estimate of drug-likeness (QED) is 0.892. The van der Waals surface area contributed by atoms with Crippen LogP contribution in [0.15, 0.2) is 0 Å². The van der Waals surface area contributed by atoms with Gasteiger partial charge in [0.1, 0.15) is 0 Å². The first-order chi connectivity index (χ1) is 9.67. The summed E-state index contributed by atoms with van der Waals surface area (Å²) in [5.41, 5.74) is 1.39. The van der Waals surface area contributed by atoms with Crippen molar-refractivity contribution in [2.45, 2.75) is 37.8 Å². The van der Waals surface area contributed by atoms with E-state index in [0.29, 0.717) is 6.04 Å². The first-order valence-electron chi connectivity index (χ1n) is 7.69. The maximum Gasteiger partial charge on any atom is 0.0947 e. The Kier molecular flexibility index (Phi) is 4.40. The molecule has 0 spiro atoms. The van der Waals surface area contributed by atoms with Crippen molar-refractivity contribution in [3.8, 4) is 0 Å². The number of nitrogens with zero attached hydrogens (tertiary/aromatic N) is 3. The van der Waals surface area contributed by atoms with Gasteiger partial charge in [-0.15, -0.1) is 11.3 Å². The van der Waals surface area contributed by atoms with Gasteiger partial charge < -0.3 is 15.1 Å². The third-order valence-electron chi connectivity index (χ3n) is 4.46. The third kappa shape index (κ3) is 3.22. The fourth-order valence-electron chi connectivity index (χ4n) is 2.99. The van der Waals surface area contributed by atoms with Gasteiger partial charge >= 0.3 is 0 Å². The first-order valence-corrected chi connectivity index (χ1v) is 8.51. The molecule has 1 aliphatic heterocycles. The minimum atomic E-state index is 0.620. The Labute approximate surface area is 126 Å². The monoisotopic (exact) mass is 294 g/mol. The molecule has 1 saturated carbocycles. The molecule has 1 atom stereocenters. The number of hydrogen-bond acceptors (Lipinski definition) is 5. The van der Waals surface area contributed by atoms with Crippen LogP contribution in [0.25, 0.3) is 0 Å². The fraction of sp³-hybridized carbons (Fsp3) is 0.800. The molecular formula is C15H26N4S. The second-order valence-corrected chi connectivity index (χ2v) is 7.49. The number of rotatable bonds is 5. The lowest BCUT2D eigenvalue weighted by molar-refractivity contribution is 0.114. The summed E-state index contributed by atoms with van der Waals surface area (Å²) in [4.78, 5) is 11.4. The summed E-state index contributed by atoms with van der Waals surface area (Å²) in [6, 6.07) is 0.620. The molecule has 2 fully saturated rings. The van der Waals surface area contributed by atoms with Gasteiger partial charge in [0.25, 0.3) is 0 Å². The van der Waals surface area contributed by atoms with Crippen molar-refractivity contribution < 1.29 is 0 Å². The van der Waals surface area contributed by atoms with Crippen molar-refractivity contribution in [3.63, 3.8) is 0 Å². The van der Waals surface area contributed by atoms with Crippen molar-refractivity contribution in [3.05, 3.63) is 15.6 Å². The van der Waals surface area contributed by atoms with Gasteiger partial charge in [-0.25, -0.2) is 4.98 Å². The lowest BCUT2D eigenvalue weighted by Crippen LogP contribution is -2.50. The second kappa shape index (κ2) is 6.10. The summed E-state index contributed by atoms with van der Waals surface area (Å²) in [5, 5.41) is 4.63. The number of aromatic nitrogens is 1. The average molecular weight is 294 g/mol. The van der Waals surface area contributed by atoms with Crippen LogP contribution in [-0.4, -0.2) is 61.6 Å². The van der Waals surface area contributed by atoms with Crippen LogP contribution in [0, 0.1) is 0 Å². The summed E-state index contributed by atoms with van der Waals surface area (Å²) in [5.74, 6) is 0.759. The van der Waals surface area contributed by atoms with Gasteiger partial charge in [0, 0.05) is 49.4 Å². The molecule has 3 rings (SSSR count). The molecule has 2 heterocycles. The van der Waals surface area contributed by atoms with E-state index in [0.717, 1.165) is 25.4 Å². The lowest BCUT2D eigenvalue weighted by Gasteiger charge is -2.37. The first kappa shape index (κ1) is 14.4. The van der Waals surface area contributed by atoms with Gasteiger partial charge in [-0.1, -0.05) is 0 Å². The van der Waals surface area contributed by atoms with Gasteiger partial charge in [0.15, 0.2) is 0 Å². The molecule has 4 nitrogen and oxygen atoms in total. The van der Waals surface area contributed by atoms with Crippen LogP contribution in [-0.2, 0) is 13.0 Å². The van der Waals surface area contributed by atoms with E-state index in [4.69, 9.17) is 4.98 Å². The van der Waals surface area contributed by atoms with Gasteiger partial charge in [-0.2, -0.15) is 0 Å². The number of piperazine rings is 1. The standard InChI is InChI=1S/C15H26N4S/c1-16-9-13-15(11-4-5-11)17-14(20-13)8-12-10-18(2)6-7-19(12)3/h11-12,16H,4-10H2,1-3H3. The maximum atomic E-state index is 4.98. The van der Waals surface area contributed by atoms with E-state index in [1.807, 2.05) is 18.4 Å². The molecule has 2 aliphatic rings. The van der Waals surface area contributed by atoms with Crippen LogP contribution in [0.3, 0.4) is 0 Å². The van der Waals surface area contributed by atoms with Gasteiger partial charge in [0.2, 0.25) is 0 Å². The molecule has 1 aromatic heterocycles. The van der Waals surface area contributed by atoms with Crippen molar-refractivity contribution >= 4 is 11.3 Å². The molecule has 0 amide bonds. The Hall–Kier alpha value is -0.490.